The van der Waals surface area contributed by atoms with Gasteiger partial charge in [-0.1, -0.05) is 31.0 Å². The van der Waals surface area contributed by atoms with Gasteiger partial charge in [-0.2, -0.15) is 0 Å². The molecular weight excluding hydrogens is 432 g/mol. The highest BCUT2D eigenvalue weighted by Crippen LogP contribution is 2.34. The Morgan fingerprint density at radius 2 is 1.84 bits per heavy atom. The average Bonchev–Trinajstić information content (AvgIpc) is 3.29. The molecule has 1 aliphatic heterocycles. The van der Waals surface area contributed by atoms with E-state index in [2.05, 4.69) is 21.2 Å². The molecule has 168 valence electrons. The van der Waals surface area contributed by atoms with Gasteiger partial charge in [-0.15, -0.1) is 0 Å². The highest BCUT2D eigenvalue weighted by molar-refractivity contribution is 8.00. The minimum absolute atomic E-state index is 0.0557. The third kappa shape index (κ3) is 5.50. The second kappa shape index (κ2) is 10.4. The first kappa shape index (κ1) is 21.9. The second-order valence-corrected chi connectivity index (χ2v) is 8.50. The van der Waals surface area contributed by atoms with Crippen molar-refractivity contribution >= 4 is 35.2 Å². The van der Waals surface area contributed by atoms with Crippen LogP contribution >= 0.6 is 11.8 Å². The van der Waals surface area contributed by atoms with Gasteiger partial charge in [-0.3, -0.25) is 25.2 Å². The van der Waals surface area contributed by atoms with Gasteiger partial charge in [0.15, 0.2) is 11.5 Å². The molecule has 3 N–H and O–H groups in total. The lowest BCUT2D eigenvalue weighted by atomic mass is 9.89. The van der Waals surface area contributed by atoms with Gasteiger partial charge < -0.3 is 14.8 Å². The molecule has 0 radical (unpaired) electrons. The lowest BCUT2D eigenvalue weighted by Crippen LogP contribution is -2.45. The molecule has 2 heterocycles. The van der Waals surface area contributed by atoms with Crippen molar-refractivity contribution in [1.82, 2.24) is 15.8 Å². The Labute approximate surface area is 189 Å². The molecule has 0 atom stereocenters. The van der Waals surface area contributed by atoms with Crippen molar-refractivity contribution in [3.8, 4) is 11.5 Å². The first-order chi connectivity index (χ1) is 15.6. The van der Waals surface area contributed by atoms with E-state index in [0.29, 0.717) is 22.2 Å². The van der Waals surface area contributed by atoms with Gasteiger partial charge in [0.2, 0.25) is 18.6 Å². The summed E-state index contributed by atoms with van der Waals surface area (Å²) in [4.78, 5) is 41.4. The SMILES string of the molecule is O=C(CSc1ncccc1C(=O)NNC(=O)C1CCCCC1)Nc1ccc2c(c1)OCO2. The summed E-state index contributed by atoms with van der Waals surface area (Å²) in [5, 5.41) is 3.19. The van der Waals surface area contributed by atoms with Gasteiger partial charge in [0, 0.05) is 23.9 Å². The Kier molecular flexibility index (Phi) is 7.10. The van der Waals surface area contributed by atoms with Crippen LogP contribution in [0.25, 0.3) is 0 Å². The Balaban J connectivity index is 1.30. The molecule has 2 aliphatic rings. The third-order valence-corrected chi connectivity index (χ3v) is 6.29. The number of hydrogen-bond acceptors (Lipinski definition) is 7. The van der Waals surface area contributed by atoms with Crippen molar-refractivity contribution in [3.63, 3.8) is 0 Å². The Morgan fingerprint density at radius 1 is 1.03 bits per heavy atom. The molecule has 10 heteroatoms. The van der Waals surface area contributed by atoms with E-state index < -0.39 is 5.91 Å². The molecule has 4 rings (SSSR count). The van der Waals surface area contributed by atoms with Crippen molar-refractivity contribution in [3.05, 3.63) is 42.1 Å². The maximum Gasteiger partial charge on any atom is 0.272 e. The van der Waals surface area contributed by atoms with Crippen LogP contribution in [0.4, 0.5) is 5.69 Å². The van der Waals surface area contributed by atoms with Crippen LogP contribution in [-0.4, -0.2) is 35.3 Å². The molecular formula is C22H24N4O5S. The zero-order valence-corrected chi connectivity index (χ0v) is 18.2. The predicted octanol–water partition coefficient (Wildman–Crippen LogP) is 2.88. The minimum atomic E-state index is -0.471. The summed E-state index contributed by atoms with van der Waals surface area (Å²) in [5.74, 6) is 0.315. The number of aromatic nitrogens is 1. The van der Waals surface area contributed by atoms with Gasteiger partial charge in [0.25, 0.3) is 5.91 Å². The van der Waals surface area contributed by atoms with Gasteiger partial charge in [-0.25, -0.2) is 4.98 Å². The van der Waals surface area contributed by atoms with E-state index in [1.807, 2.05) is 0 Å². The summed E-state index contributed by atoms with van der Waals surface area (Å²) in [6, 6.07) is 8.39. The Hall–Kier alpha value is -3.27. The van der Waals surface area contributed by atoms with Gasteiger partial charge in [0.05, 0.1) is 11.3 Å². The normalized spacial score (nSPS) is 15.1. The van der Waals surface area contributed by atoms with Crippen LogP contribution in [0, 0.1) is 5.92 Å². The number of carbonyl (C=O) groups excluding carboxylic acids is 3. The summed E-state index contributed by atoms with van der Waals surface area (Å²) in [6.07, 6.45) is 6.44. The number of hydrogen-bond donors (Lipinski definition) is 3. The number of pyridine rings is 1. The van der Waals surface area contributed by atoms with Crippen molar-refractivity contribution in [2.45, 2.75) is 37.1 Å². The number of hydrazine groups is 1. The summed E-state index contributed by atoms with van der Waals surface area (Å²) in [6.45, 7) is 0.161. The number of benzene rings is 1. The number of nitrogens with one attached hydrogen (secondary N) is 3. The van der Waals surface area contributed by atoms with Gasteiger partial charge in [-0.05, 0) is 37.1 Å². The molecule has 1 saturated carbocycles. The number of ether oxygens (including phenoxy) is 2. The van der Waals surface area contributed by atoms with Crippen LogP contribution in [0.2, 0.25) is 0 Å². The molecule has 0 unspecified atom stereocenters. The molecule has 3 amide bonds. The molecule has 32 heavy (non-hydrogen) atoms. The highest BCUT2D eigenvalue weighted by atomic mass is 32.2. The van der Waals surface area contributed by atoms with Crippen LogP contribution in [-0.2, 0) is 9.59 Å². The Morgan fingerprint density at radius 3 is 2.69 bits per heavy atom. The summed E-state index contributed by atoms with van der Waals surface area (Å²) in [7, 11) is 0. The quantitative estimate of drug-likeness (QED) is 0.452. The maximum atomic E-state index is 12.6. The van der Waals surface area contributed by atoms with Crippen LogP contribution < -0.4 is 25.6 Å². The number of thioether (sulfide) groups is 1. The molecule has 0 saturated heterocycles. The van der Waals surface area contributed by atoms with E-state index in [0.717, 1.165) is 43.9 Å². The number of anilines is 1. The van der Waals surface area contributed by atoms with Crippen LogP contribution in [0.15, 0.2) is 41.6 Å². The maximum absolute atomic E-state index is 12.6. The van der Waals surface area contributed by atoms with Crippen molar-refractivity contribution in [2.75, 3.05) is 17.9 Å². The molecule has 1 fully saturated rings. The third-order valence-electron chi connectivity index (χ3n) is 5.29. The van der Waals surface area contributed by atoms with Gasteiger partial charge in [0.1, 0.15) is 5.03 Å². The number of fused-ring (bicyclic) bond motifs is 1. The first-order valence-corrected chi connectivity index (χ1v) is 11.5. The zero-order chi connectivity index (χ0) is 22.3. The number of rotatable bonds is 6. The molecule has 2 aromatic rings. The Bertz CT molecular complexity index is 1010. The lowest BCUT2D eigenvalue weighted by Gasteiger charge is -2.20. The minimum Gasteiger partial charge on any atom is -0.454 e. The van der Waals surface area contributed by atoms with E-state index >= 15 is 0 Å². The van der Waals surface area contributed by atoms with Crippen LogP contribution in [0.1, 0.15) is 42.5 Å². The fourth-order valence-corrected chi connectivity index (χ4v) is 4.43. The van der Waals surface area contributed by atoms with E-state index in [4.69, 9.17) is 9.47 Å². The van der Waals surface area contributed by atoms with Gasteiger partial charge >= 0.3 is 0 Å². The monoisotopic (exact) mass is 456 g/mol. The van der Waals surface area contributed by atoms with Crippen molar-refractivity contribution in [1.29, 1.82) is 0 Å². The number of amides is 3. The molecule has 1 aliphatic carbocycles. The van der Waals surface area contributed by atoms with E-state index in [-0.39, 0.29) is 35.8 Å². The number of carbonyl (C=O) groups is 3. The van der Waals surface area contributed by atoms with Crippen LogP contribution in [0.3, 0.4) is 0 Å². The van der Waals surface area contributed by atoms with E-state index in [1.54, 1.807) is 36.5 Å². The van der Waals surface area contributed by atoms with Crippen LogP contribution in [0.5, 0.6) is 11.5 Å². The zero-order valence-electron chi connectivity index (χ0n) is 17.4. The topological polar surface area (TPSA) is 119 Å². The lowest BCUT2D eigenvalue weighted by molar-refractivity contribution is -0.126. The summed E-state index contributed by atoms with van der Waals surface area (Å²) >= 11 is 1.14. The van der Waals surface area contributed by atoms with E-state index in [9.17, 15) is 14.4 Å². The summed E-state index contributed by atoms with van der Waals surface area (Å²) < 4.78 is 10.6. The van der Waals surface area contributed by atoms with E-state index in [1.165, 1.54) is 0 Å². The van der Waals surface area contributed by atoms with Crippen molar-refractivity contribution < 1.29 is 23.9 Å². The summed E-state index contributed by atoms with van der Waals surface area (Å²) in [5.41, 5.74) is 5.87. The fraction of sp³-hybridized carbons (Fsp3) is 0.364. The van der Waals surface area contributed by atoms with Crippen molar-refractivity contribution in [2.24, 2.45) is 5.92 Å². The molecule has 9 nitrogen and oxygen atoms in total. The first-order valence-electron chi connectivity index (χ1n) is 10.5. The predicted molar refractivity (Wildman–Crippen MR) is 118 cm³/mol. The molecule has 1 aromatic heterocycles. The standard InChI is InChI=1S/C22H24N4O5S/c27-19(24-15-8-9-17-18(11-15)31-13-30-17)12-32-22-16(7-4-10-23-22)21(29)26-25-20(28)14-5-2-1-3-6-14/h4,7-11,14H,1-3,5-6,12-13H2,(H,24,27)(H,25,28)(H,26,29). The highest BCUT2D eigenvalue weighted by Gasteiger charge is 2.22. The second-order valence-electron chi connectivity index (χ2n) is 7.54. The molecule has 0 bridgehead atoms. The molecule has 0 spiro atoms. The average molecular weight is 457 g/mol. The smallest absolute Gasteiger partial charge is 0.272 e. The number of nitrogens with zero attached hydrogens (tertiary/aromatic N) is 1. The largest absolute Gasteiger partial charge is 0.454 e. The fourth-order valence-electron chi connectivity index (χ4n) is 3.64. The molecule has 1 aromatic carbocycles.